The summed E-state index contributed by atoms with van der Waals surface area (Å²) in [5.41, 5.74) is 6.54. The summed E-state index contributed by atoms with van der Waals surface area (Å²) in [5, 5.41) is 10.3. The predicted octanol–water partition coefficient (Wildman–Crippen LogP) is 4.06. The average molecular weight is 504 g/mol. The number of hydrogen-bond donors (Lipinski definition) is 1. The Morgan fingerprint density at radius 1 is 0.972 bits per heavy atom. The number of sulfonamides is 1. The van der Waals surface area contributed by atoms with Crippen LogP contribution in [0, 0.1) is 20.8 Å². The molecule has 3 atom stereocenters. The number of pyridine rings is 1. The first-order valence-corrected chi connectivity index (χ1v) is 13.9. The summed E-state index contributed by atoms with van der Waals surface area (Å²) in [6.45, 7) is 7.41. The number of aromatic nitrogens is 1. The van der Waals surface area contributed by atoms with E-state index in [4.69, 9.17) is 0 Å². The Bertz CT molecular complexity index is 1390. The number of rotatable bonds is 5. The van der Waals surface area contributed by atoms with Gasteiger partial charge >= 0.3 is 0 Å². The molecule has 0 amide bonds. The van der Waals surface area contributed by atoms with Gasteiger partial charge in [-0.2, -0.15) is 4.31 Å². The van der Waals surface area contributed by atoms with Gasteiger partial charge in [-0.3, -0.25) is 9.88 Å². The lowest BCUT2D eigenvalue weighted by molar-refractivity contribution is -0.0415. The van der Waals surface area contributed by atoms with E-state index in [-0.39, 0.29) is 29.5 Å². The first kappa shape index (κ1) is 24.8. The van der Waals surface area contributed by atoms with E-state index in [0.717, 1.165) is 11.1 Å². The summed E-state index contributed by atoms with van der Waals surface area (Å²) in [7, 11) is -3.71. The molecule has 2 unspecified atom stereocenters. The number of aliphatic hydroxyl groups excluding tert-OH is 1. The van der Waals surface area contributed by atoms with Crippen molar-refractivity contribution >= 4 is 10.0 Å². The van der Waals surface area contributed by atoms with Crippen LogP contribution in [0.15, 0.2) is 77.8 Å². The number of aryl methyl sites for hydroxylation is 2. The number of aliphatic hydroxyl groups is 1. The fourth-order valence-corrected chi connectivity index (χ4v) is 7.25. The lowest BCUT2D eigenvalue weighted by Gasteiger charge is -2.56. The van der Waals surface area contributed by atoms with E-state index in [1.807, 2.05) is 12.2 Å². The molecular weight excluding hydrogens is 470 g/mol. The first-order valence-electron chi connectivity index (χ1n) is 12.4. The van der Waals surface area contributed by atoms with E-state index in [0.29, 0.717) is 25.3 Å². The molecule has 6 nitrogen and oxygen atoms in total. The second-order valence-corrected chi connectivity index (χ2v) is 11.7. The Morgan fingerprint density at radius 3 is 2.44 bits per heavy atom. The molecule has 0 spiro atoms. The van der Waals surface area contributed by atoms with Crippen molar-refractivity contribution < 1.29 is 13.5 Å². The number of hydrogen-bond acceptors (Lipinski definition) is 5. The lowest BCUT2D eigenvalue weighted by atomic mass is 9.74. The van der Waals surface area contributed by atoms with Crippen LogP contribution in [-0.2, 0) is 10.0 Å². The number of benzene rings is 2. The molecule has 7 heteroatoms. The Balaban J connectivity index is 1.45. The highest BCUT2D eigenvalue weighted by atomic mass is 32.2. The fourth-order valence-electron chi connectivity index (χ4n) is 5.66. The van der Waals surface area contributed by atoms with Gasteiger partial charge < -0.3 is 5.11 Å². The quantitative estimate of drug-likeness (QED) is 0.532. The second kappa shape index (κ2) is 9.90. The van der Waals surface area contributed by atoms with Crippen molar-refractivity contribution in [3.63, 3.8) is 0 Å². The smallest absolute Gasteiger partial charge is 0.245 e. The van der Waals surface area contributed by atoms with Crippen molar-refractivity contribution in [1.29, 1.82) is 0 Å². The molecule has 5 rings (SSSR count). The van der Waals surface area contributed by atoms with Crippen LogP contribution in [0.5, 0.6) is 0 Å². The molecule has 1 aromatic heterocycles. The third-order valence-corrected chi connectivity index (χ3v) is 9.80. The van der Waals surface area contributed by atoms with E-state index in [2.05, 4.69) is 66.2 Å². The molecular formula is C29H33N3O3S. The van der Waals surface area contributed by atoms with E-state index in [1.54, 1.807) is 29.6 Å². The zero-order valence-electron chi connectivity index (χ0n) is 21.0. The maximum Gasteiger partial charge on any atom is 0.245 e. The van der Waals surface area contributed by atoms with Crippen molar-refractivity contribution in [2.75, 3.05) is 26.2 Å². The van der Waals surface area contributed by atoms with E-state index >= 15 is 0 Å². The minimum Gasteiger partial charge on any atom is -0.395 e. The molecule has 36 heavy (non-hydrogen) atoms. The highest BCUT2D eigenvalue weighted by Crippen LogP contribution is 2.42. The normalized spacial score (nSPS) is 23.8. The zero-order valence-corrected chi connectivity index (χ0v) is 21.8. The maximum atomic E-state index is 13.6. The Morgan fingerprint density at radius 2 is 1.72 bits per heavy atom. The van der Waals surface area contributed by atoms with Gasteiger partial charge in [0, 0.05) is 43.8 Å². The van der Waals surface area contributed by atoms with Crippen LogP contribution in [0.3, 0.4) is 0 Å². The molecule has 1 fully saturated rings. The van der Waals surface area contributed by atoms with Gasteiger partial charge in [-0.1, -0.05) is 54.6 Å². The summed E-state index contributed by atoms with van der Waals surface area (Å²) < 4.78 is 28.7. The molecule has 188 valence electrons. The standard InChI is InChI=1S/C29H33N3O3S/c1-20-8-6-9-25(21(20)2)23-11-13-24(14-12-23)29-26-18-31(16-4-5-17-32(26)27(29)19-33)36(34,35)28-10-7-15-30-22(28)3/h4-15,26-27,29,33H,16-19H2,1-3H3/b5-4-/t26?,27-,29?/m1/s1. The van der Waals surface area contributed by atoms with Gasteiger partial charge in [0.15, 0.2) is 0 Å². The van der Waals surface area contributed by atoms with Crippen molar-refractivity contribution in [2.24, 2.45) is 0 Å². The lowest BCUT2D eigenvalue weighted by Crippen LogP contribution is -2.67. The molecule has 3 heterocycles. The third kappa shape index (κ3) is 4.30. The Hall–Kier alpha value is -2.84. The van der Waals surface area contributed by atoms with Crippen molar-refractivity contribution in [3.05, 3.63) is 95.3 Å². The highest BCUT2D eigenvalue weighted by molar-refractivity contribution is 7.89. The van der Waals surface area contributed by atoms with Crippen LogP contribution in [0.4, 0.5) is 0 Å². The molecule has 0 aliphatic carbocycles. The van der Waals surface area contributed by atoms with Crippen LogP contribution in [0.2, 0.25) is 0 Å². The van der Waals surface area contributed by atoms with Gasteiger partial charge in [-0.25, -0.2) is 8.42 Å². The van der Waals surface area contributed by atoms with Crippen LogP contribution in [0.1, 0.15) is 28.3 Å². The van der Waals surface area contributed by atoms with E-state index < -0.39 is 10.0 Å². The van der Waals surface area contributed by atoms with E-state index in [9.17, 15) is 13.5 Å². The van der Waals surface area contributed by atoms with Crippen LogP contribution >= 0.6 is 0 Å². The highest BCUT2D eigenvalue weighted by Gasteiger charge is 2.50. The monoisotopic (exact) mass is 503 g/mol. The summed E-state index contributed by atoms with van der Waals surface area (Å²) in [6.07, 6.45) is 5.52. The van der Waals surface area contributed by atoms with Crippen LogP contribution in [0.25, 0.3) is 11.1 Å². The topological polar surface area (TPSA) is 73.7 Å². The molecule has 2 aliphatic heterocycles. The predicted molar refractivity (Wildman–Crippen MR) is 142 cm³/mol. The molecule has 0 bridgehead atoms. The number of nitrogens with zero attached hydrogens (tertiary/aromatic N) is 3. The summed E-state index contributed by atoms with van der Waals surface area (Å²) in [5.74, 6) is 0.0434. The van der Waals surface area contributed by atoms with Crippen LogP contribution < -0.4 is 0 Å². The molecule has 2 aliphatic rings. The van der Waals surface area contributed by atoms with Crippen LogP contribution in [-0.4, -0.2) is 66.0 Å². The molecule has 2 aromatic carbocycles. The van der Waals surface area contributed by atoms with Gasteiger partial charge in [0.05, 0.1) is 12.3 Å². The molecule has 3 aromatic rings. The second-order valence-electron chi connectivity index (χ2n) is 9.79. The summed E-state index contributed by atoms with van der Waals surface area (Å²) in [4.78, 5) is 6.66. The minimum absolute atomic E-state index is 0.0228. The Kier molecular flexibility index (Phi) is 6.83. The zero-order chi connectivity index (χ0) is 25.4. The molecule has 1 N–H and O–H groups in total. The van der Waals surface area contributed by atoms with Crippen molar-refractivity contribution in [3.8, 4) is 11.1 Å². The van der Waals surface area contributed by atoms with E-state index in [1.165, 1.54) is 16.7 Å². The third-order valence-electron chi connectivity index (χ3n) is 7.84. The van der Waals surface area contributed by atoms with Gasteiger partial charge in [0.25, 0.3) is 0 Å². The summed E-state index contributed by atoms with van der Waals surface area (Å²) >= 11 is 0. The Labute approximate surface area is 214 Å². The van der Waals surface area contributed by atoms with Gasteiger partial charge in [0.2, 0.25) is 10.0 Å². The van der Waals surface area contributed by atoms with Crippen molar-refractivity contribution in [1.82, 2.24) is 14.2 Å². The van der Waals surface area contributed by atoms with Gasteiger partial charge in [-0.15, -0.1) is 0 Å². The summed E-state index contributed by atoms with van der Waals surface area (Å²) in [6, 6.07) is 18.1. The minimum atomic E-state index is -3.71. The largest absolute Gasteiger partial charge is 0.395 e. The van der Waals surface area contributed by atoms with Gasteiger partial charge in [-0.05, 0) is 60.7 Å². The average Bonchev–Trinajstić information content (AvgIpc) is 2.85. The molecule has 0 saturated carbocycles. The van der Waals surface area contributed by atoms with Crippen molar-refractivity contribution in [2.45, 2.75) is 43.7 Å². The van der Waals surface area contributed by atoms with Gasteiger partial charge in [0.1, 0.15) is 4.90 Å². The SMILES string of the molecule is Cc1cccc(-c2ccc(C3C4CN(S(=O)(=O)c5cccnc5C)C/C=C\CN4[C@@H]3CO)cc2)c1C. The maximum absolute atomic E-state index is 13.6. The first-order chi connectivity index (χ1) is 17.3. The molecule has 0 radical (unpaired) electrons. The molecule has 1 saturated heterocycles. The number of fused-ring (bicyclic) bond motifs is 1. The fraction of sp³-hybridized carbons (Fsp3) is 0.345.